The Hall–Kier alpha value is -0.233. The molecule has 0 N–H and O–H groups in total. The number of hydrogen-bond acceptors (Lipinski definition) is 4. The van der Waals surface area contributed by atoms with Crippen LogP contribution in [0.5, 0.6) is 0 Å². The first-order valence-electron chi connectivity index (χ1n) is 6.86. The molecule has 4 nitrogen and oxygen atoms in total. The van der Waals surface area contributed by atoms with E-state index < -0.39 is 8.80 Å². The van der Waals surface area contributed by atoms with Crippen LogP contribution < -0.4 is 0 Å². The van der Waals surface area contributed by atoms with Crippen molar-refractivity contribution in [3.63, 3.8) is 0 Å². The van der Waals surface area contributed by atoms with E-state index in [1.165, 1.54) is 31.4 Å². The lowest BCUT2D eigenvalue weighted by atomic mass is 9.89. The van der Waals surface area contributed by atoms with Gasteiger partial charge < -0.3 is 13.3 Å². The van der Waals surface area contributed by atoms with Crippen molar-refractivity contribution in [1.29, 1.82) is 0 Å². The summed E-state index contributed by atoms with van der Waals surface area (Å²) < 4.78 is 16.2. The third-order valence-corrected chi connectivity index (χ3v) is 6.61. The number of hydrogen-bond donors (Lipinski definition) is 0. The molecule has 1 saturated carbocycles. The fraction of sp³-hybridized carbons (Fsp3) is 0.923. The van der Waals surface area contributed by atoms with Crippen LogP contribution in [0.2, 0.25) is 6.04 Å². The first kappa shape index (κ1) is 15.8. The molecular formula is C13H27NO3Si. The highest BCUT2D eigenvalue weighted by molar-refractivity contribution is 6.60. The molecule has 0 heterocycles. The number of nitrogens with zero attached hydrogens (tertiary/aromatic N) is 1. The zero-order chi connectivity index (χ0) is 13.4. The van der Waals surface area contributed by atoms with Crippen LogP contribution in [0.15, 0.2) is 4.99 Å². The predicted octanol–water partition coefficient (Wildman–Crippen LogP) is 2.91. The lowest BCUT2D eigenvalue weighted by molar-refractivity contribution is 0.123. The molecule has 0 spiro atoms. The van der Waals surface area contributed by atoms with Crippen molar-refractivity contribution in [2.75, 3.05) is 27.9 Å². The zero-order valence-electron chi connectivity index (χ0n) is 12.2. The molecule has 0 amide bonds. The topological polar surface area (TPSA) is 40.0 Å². The summed E-state index contributed by atoms with van der Waals surface area (Å²) in [6.45, 7) is 3.15. The van der Waals surface area contributed by atoms with E-state index in [9.17, 15) is 0 Å². The average molecular weight is 273 g/mol. The first-order valence-corrected chi connectivity index (χ1v) is 8.79. The van der Waals surface area contributed by atoms with Gasteiger partial charge in [-0.25, -0.2) is 0 Å². The van der Waals surface area contributed by atoms with Gasteiger partial charge in [-0.05, 0) is 31.6 Å². The van der Waals surface area contributed by atoms with Crippen molar-refractivity contribution in [2.24, 2.45) is 10.9 Å². The van der Waals surface area contributed by atoms with Crippen LogP contribution in [0.25, 0.3) is 0 Å². The van der Waals surface area contributed by atoms with Crippen molar-refractivity contribution in [1.82, 2.24) is 0 Å². The van der Waals surface area contributed by atoms with Gasteiger partial charge in [0.05, 0.1) is 0 Å². The molecule has 5 heteroatoms. The molecule has 0 aromatic heterocycles. The molecule has 1 rings (SSSR count). The van der Waals surface area contributed by atoms with Gasteiger partial charge in [0.15, 0.2) is 0 Å². The molecule has 1 atom stereocenters. The Balaban J connectivity index is 2.34. The molecule has 1 unspecified atom stereocenters. The van der Waals surface area contributed by atoms with E-state index in [4.69, 9.17) is 18.3 Å². The fourth-order valence-corrected chi connectivity index (χ4v) is 4.18. The lowest BCUT2D eigenvalue weighted by Gasteiger charge is -2.24. The van der Waals surface area contributed by atoms with Crippen LogP contribution in [-0.2, 0) is 13.3 Å². The smallest absolute Gasteiger partial charge is 0.377 e. The summed E-state index contributed by atoms with van der Waals surface area (Å²) in [7, 11) is 2.59. The molecule has 0 aliphatic heterocycles. The molecule has 1 fully saturated rings. The van der Waals surface area contributed by atoms with E-state index in [0.717, 1.165) is 19.0 Å². The summed E-state index contributed by atoms with van der Waals surface area (Å²) in [4.78, 5) is 4.74. The van der Waals surface area contributed by atoms with Crippen LogP contribution in [0.4, 0.5) is 0 Å². The Morgan fingerprint density at radius 1 is 1.17 bits per heavy atom. The van der Waals surface area contributed by atoms with Gasteiger partial charge in [-0.2, -0.15) is 0 Å². The van der Waals surface area contributed by atoms with Crippen molar-refractivity contribution < 1.29 is 13.3 Å². The highest BCUT2D eigenvalue weighted by Crippen LogP contribution is 2.21. The molecule has 1 aliphatic carbocycles. The van der Waals surface area contributed by atoms with E-state index in [1.54, 1.807) is 21.3 Å². The van der Waals surface area contributed by atoms with Gasteiger partial charge in [0.1, 0.15) is 0 Å². The molecule has 106 valence electrons. The van der Waals surface area contributed by atoms with E-state index in [-0.39, 0.29) is 0 Å². The highest BCUT2D eigenvalue weighted by atomic mass is 28.4. The van der Waals surface area contributed by atoms with Crippen LogP contribution in [0.1, 0.15) is 39.0 Å². The number of aliphatic imine (C=N–C) groups is 1. The van der Waals surface area contributed by atoms with E-state index in [0.29, 0.717) is 5.92 Å². The van der Waals surface area contributed by atoms with Gasteiger partial charge in [0.25, 0.3) is 0 Å². The summed E-state index contributed by atoms with van der Waals surface area (Å²) in [5.41, 5.74) is 1.40. The van der Waals surface area contributed by atoms with E-state index in [2.05, 4.69) is 6.92 Å². The molecular weight excluding hydrogens is 246 g/mol. The quantitative estimate of drug-likeness (QED) is 0.529. The van der Waals surface area contributed by atoms with Crippen molar-refractivity contribution in [3.05, 3.63) is 0 Å². The summed E-state index contributed by atoms with van der Waals surface area (Å²) in [6.07, 6.45) is 6.11. The van der Waals surface area contributed by atoms with Gasteiger partial charge in [0, 0.05) is 39.6 Å². The normalized spacial score (nSPS) is 23.6. The monoisotopic (exact) mass is 273 g/mol. The Labute approximate surface area is 112 Å². The maximum Gasteiger partial charge on any atom is 0.500 e. The van der Waals surface area contributed by atoms with Crippen LogP contribution in [0.3, 0.4) is 0 Å². The third-order valence-electron chi connectivity index (χ3n) is 3.78. The van der Waals surface area contributed by atoms with Gasteiger partial charge in [-0.1, -0.05) is 13.3 Å². The van der Waals surface area contributed by atoms with Crippen LogP contribution in [-0.4, -0.2) is 42.4 Å². The molecule has 0 aromatic rings. The standard InChI is InChI=1S/C13H27NO3Si/c1-12-8-5-6-9-13(12)14-10-7-11-18(15-2,16-3)17-4/h12H,5-11H2,1-4H3/b14-13-. The average Bonchev–Trinajstić information content (AvgIpc) is 2.42. The molecule has 0 aromatic carbocycles. The molecule has 18 heavy (non-hydrogen) atoms. The predicted molar refractivity (Wildman–Crippen MR) is 76.1 cm³/mol. The van der Waals surface area contributed by atoms with Gasteiger partial charge >= 0.3 is 8.80 Å². The van der Waals surface area contributed by atoms with Crippen molar-refractivity contribution in [2.45, 2.75) is 45.1 Å². The first-order chi connectivity index (χ1) is 8.67. The van der Waals surface area contributed by atoms with Gasteiger partial charge in [-0.3, -0.25) is 4.99 Å². The zero-order valence-corrected chi connectivity index (χ0v) is 13.2. The molecule has 0 radical (unpaired) electrons. The minimum absolute atomic E-state index is 0.674. The summed E-state index contributed by atoms with van der Waals surface area (Å²) in [5, 5.41) is 0. The Morgan fingerprint density at radius 3 is 2.39 bits per heavy atom. The Morgan fingerprint density at radius 2 is 1.83 bits per heavy atom. The van der Waals surface area contributed by atoms with Crippen LogP contribution >= 0.6 is 0 Å². The van der Waals surface area contributed by atoms with E-state index in [1.807, 2.05) is 0 Å². The van der Waals surface area contributed by atoms with Crippen molar-refractivity contribution in [3.8, 4) is 0 Å². The number of rotatable bonds is 7. The third kappa shape index (κ3) is 4.46. The summed E-state index contributed by atoms with van der Waals surface area (Å²) in [6, 6.07) is 0.835. The van der Waals surface area contributed by atoms with Gasteiger partial charge in [0.2, 0.25) is 0 Å². The van der Waals surface area contributed by atoms with Gasteiger partial charge in [-0.15, -0.1) is 0 Å². The molecule has 1 aliphatic rings. The van der Waals surface area contributed by atoms with E-state index >= 15 is 0 Å². The minimum Gasteiger partial charge on any atom is -0.377 e. The second-order valence-electron chi connectivity index (χ2n) is 4.92. The second kappa shape index (κ2) is 8.04. The SMILES string of the molecule is CO[Si](CCC/N=C1/CCCCC1C)(OC)OC. The fourth-order valence-electron chi connectivity index (χ4n) is 2.48. The summed E-state index contributed by atoms with van der Waals surface area (Å²) in [5.74, 6) is 0.674. The largest absolute Gasteiger partial charge is 0.500 e. The molecule has 0 bridgehead atoms. The highest BCUT2D eigenvalue weighted by Gasteiger charge is 2.36. The van der Waals surface area contributed by atoms with Crippen molar-refractivity contribution >= 4 is 14.5 Å². The second-order valence-corrected chi connectivity index (χ2v) is 8.01. The Kier molecular flexibility index (Phi) is 7.07. The van der Waals surface area contributed by atoms with Crippen LogP contribution in [0, 0.1) is 5.92 Å². The Bertz CT molecular complexity index is 259. The summed E-state index contributed by atoms with van der Waals surface area (Å²) >= 11 is 0. The minimum atomic E-state index is -2.39. The maximum absolute atomic E-state index is 5.40. The lowest BCUT2D eigenvalue weighted by Crippen LogP contribution is -2.42. The molecule has 0 saturated heterocycles. The maximum atomic E-state index is 5.40.